The number of sulfonamides is 1. The van der Waals surface area contributed by atoms with Gasteiger partial charge in [-0.25, -0.2) is 8.42 Å². The Bertz CT molecular complexity index is 1000. The molecule has 154 valence electrons. The normalized spacial score (nSPS) is 10.8. The van der Waals surface area contributed by atoms with Crippen molar-refractivity contribution in [2.75, 3.05) is 25.5 Å². The molecule has 0 radical (unpaired) electrons. The van der Waals surface area contributed by atoms with Crippen molar-refractivity contribution < 1.29 is 27.5 Å². The molecule has 0 aliphatic carbocycles. The predicted molar refractivity (Wildman–Crippen MR) is 106 cm³/mol. The molecule has 0 spiro atoms. The van der Waals surface area contributed by atoms with Crippen LogP contribution >= 0.6 is 0 Å². The highest BCUT2D eigenvalue weighted by atomic mass is 32.2. The van der Waals surface area contributed by atoms with E-state index in [1.54, 1.807) is 18.2 Å². The highest BCUT2D eigenvalue weighted by molar-refractivity contribution is 7.89. The SMILES string of the molecule is COC(=O)CNS(=O)(=O)c1ccc(NC(=O)CNC(=O)c2cccc(C)c2)cc1. The van der Waals surface area contributed by atoms with Crippen LogP contribution in [0.3, 0.4) is 0 Å². The van der Waals surface area contributed by atoms with Gasteiger partial charge in [0.1, 0.15) is 6.54 Å². The van der Waals surface area contributed by atoms with Gasteiger partial charge in [-0.2, -0.15) is 4.72 Å². The fraction of sp³-hybridized carbons (Fsp3) is 0.211. The quantitative estimate of drug-likeness (QED) is 0.543. The lowest BCUT2D eigenvalue weighted by molar-refractivity contribution is -0.139. The number of rotatable bonds is 8. The molecule has 0 unspecified atom stereocenters. The third-order valence-corrected chi connectivity index (χ3v) is 5.19. The largest absolute Gasteiger partial charge is 0.468 e. The van der Waals surface area contributed by atoms with Gasteiger partial charge in [0.05, 0.1) is 18.6 Å². The first-order valence-corrected chi connectivity index (χ1v) is 10.0. The molecule has 2 aromatic carbocycles. The molecule has 0 aliphatic heterocycles. The summed E-state index contributed by atoms with van der Waals surface area (Å²) in [6.07, 6.45) is 0. The van der Waals surface area contributed by atoms with Crippen LogP contribution in [0, 0.1) is 6.92 Å². The number of methoxy groups -OCH3 is 1. The number of amides is 2. The van der Waals surface area contributed by atoms with E-state index < -0.39 is 28.4 Å². The first-order valence-electron chi connectivity index (χ1n) is 8.52. The van der Waals surface area contributed by atoms with E-state index in [0.717, 1.165) is 12.7 Å². The number of carbonyl (C=O) groups excluding carboxylic acids is 3. The Balaban J connectivity index is 1.89. The minimum absolute atomic E-state index is 0.0767. The van der Waals surface area contributed by atoms with E-state index in [-0.39, 0.29) is 17.3 Å². The Morgan fingerprint density at radius 3 is 2.31 bits per heavy atom. The van der Waals surface area contributed by atoms with E-state index in [2.05, 4.69) is 20.1 Å². The first-order chi connectivity index (χ1) is 13.7. The summed E-state index contributed by atoms with van der Waals surface area (Å²) >= 11 is 0. The molecule has 0 aliphatic rings. The van der Waals surface area contributed by atoms with Crippen molar-refractivity contribution >= 4 is 33.5 Å². The number of aryl methyl sites for hydroxylation is 1. The molecule has 0 saturated carbocycles. The van der Waals surface area contributed by atoms with Gasteiger partial charge in [-0.3, -0.25) is 14.4 Å². The minimum Gasteiger partial charge on any atom is -0.468 e. The monoisotopic (exact) mass is 419 g/mol. The van der Waals surface area contributed by atoms with E-state index in [4.69, 9.17) is 0 Å². The van der Waals surface area contributed by atoms with Gasteiger partial charge in [0.2, 0.25) is 15.9 Å². The summed E-state index contributed by atoms with van der Waals surface area (Å²) in [7, 11) is -2.74. The summed E-state index contributed by atoms with van der Waals surface area (Å²) < 4.78 is 30.6. The van der Waals surface area contributed by atoms with Crippen molar-refractivity contribution in [1.29, 1.82) is 0 Å². The summed E-state index contributed by atoms with van der Waals surface area (Å²) in [4.78, 5) is 35.0. The topological polar surface area (TPSA) is 131 Å². The molecule has 9 nitrogen and oxygen atoms in total. The molecule has 2 aromatic rings. The van der Waals surface area contributed by atoms with E-state index in [1.165, 1.54) is 24.3 Å². The van der Waals surface area contributed by atoms with E-state index in [9.17, 15) is 22.8 Å². The Morgan fingerprint density at radius 1 is 1.00 bits per heavy atom. The predicted octanol–water partition coefficient (Wildman–Crippen LogP) is 0.815. The van der Waals surface area contributed by atoms with E-state index in [0.29, 0.717) is 11.3 Å². The Morgan fingerprint density at radius 2 is 1.69 bits per heavy atom. The number of hydrogen-bond acceptors (Lipinski definition) is 6. The van der Waals surface area contributed by atoms with Crippen LogP contribution in [0.2, 0.25) is 0 Å². The molecule has 10 heteroatoms. The minimum atomic E-state index is -3.89. The molecule has 0 aromatic heterocycles. The zero-order chi connectivity index (χ0) is 21.4. The van der Waals surface area contributed by atoms with Crippen molar-refractivity contribution in [1.82, 2.24) is 10.0 Å². The van der Waals surface area contributed by atoms with Gasteiger partial charge in [-0.05, 0) is 43.3 Å². The lowest BCUT2D eigenvalue weighted by Gasteiger charge is -2.09. The zero-order valence-corrected chi connectivity index (χ0v) is 16.7. The lowest BCUT2D eigenvalue weighted by Crippen LogP contribution is -2.33. The van der Waals surface area contributed by atoms with Crippen molar-refractivity contribution in [3.8, 4) is 0 Å². The second-order valence-electron chi connectivity index (χ2n) is 6.03. The van der Waals surface area contributed by atoms with Crippen LogP contribution in [-0.4, -0.2) is 46.4 Å². The number of ether oxygens (including phenoxy) is 1. The highest BCUT2D eigenvalue weighted by Crippen LogP contribution is 2.14. The van der Waals surface area contributed by atoms with E-state index >= 15 is 0 Å². The van der Waals surface area contributed by atoms with Crippen LogP contribution in [0.15, 0.2) is 53.4 Å². The Kier molecular flexibility index (Phi) is 7.46. The van der Waals surface area contributed by atoms with Gasteiger partial charge in [0.25, 0.3) is 5.91 Å². The molecule has 2 rings (SSSR count). The molecular weight excluding hydrogens is 398 g/mol. The summed E-state index contributed by atoms with van der Waals surface area (Å²) in [6.45, 7) is 1.13. The molecule has 2 amide bonds. The number of nitrogens with one attached hydrogen (secondary N) is 3. The molecule has 0 fully saturated rings. The number of carbonyl (C=O) groups is 3. The van der Waals surface area contributed by atoms with Crippen molar-refractivity contribution in [3.05, 3.63) is 59.7 Å². The van der Waals surface area contributed by atoms with Gasteiger partial charge < -0.3 is 15.4 Å². The average molecular weight is 419 g/mol. The third-order valence-electron chi connectivity index (χ3n) is 3.77. The van der Waals surface area contributed by atoms with Gasteiger partial charge >= 0.3 is 5.97 Å². The van der Waals surface area contributed by atoms with Gasteiger partial charge in [0, 0.05) is 11.3 Å². The molecule has 0 heterocycles. The molecule has 0 bridgehead atoms. The third kappa shape index (κ3) is 6.70. The molecule has 0 atom stereocenters. The van der Waals surface area contributed by atoms with Crippen LogP contribution in [0.1, 0.15) is 15.9 Å². The van der Waals surface area contributed by atoms with Crippen molar-refractivity contribution in [2.24, 2.45) is 0 Å². The number of benzene rings is 2. The number of hydrogen-bond donors (Lipinski definition) is 3. The summed E-state index contributed by atoms with van der Waals surface area (Å²) in [5, 5.41) is 5.07. The number of anilines is 1. The van der Waals surface area contributed by atoms with Crippen LogP contribution in [0.25, 0.3) is 0 Å². The van der Waals surface area contributed by atoms with Crippen LogP contribution in [0.4, 0.5) is 5.69 Å². The van der Waals surface area contributed by atoms with Crippen molar-refractivity contribution in [3.63, 3.8) is 0 Å². The molecule has 0 saturated heterocycles. The van der Waals surface area contributed by atoms with Gasteiger partial charge in [0.15, 0.2) is 0 Å². The van der Waals surface area contributed by atoms with E-state index in [1.807, 2.05) is 13.0 Å². The highest BCUT2D eigenvalue weighted by Gasteiger charge is 2.16. The smallest absolute Gasteiger partial charge is 0.320 e. The zero-order valence-electron chi connectivity index (χ0n) is 15.9. The Labute approximate surface area is 168 Å². The second-order valence-corrected chi connectivity index (χ2v) is 7.79. The van der Waals surface area contributed by atoms with Gasteiger partial charge in [-0.1, -0.05) is 17.7 Å². The lowest BCUT2D eigenvalue weighted by atomic mass is 10.1. The maximum Gasteiger partial charge on any atom is 0.320 e. The van der Waals surface area contributed by atoms with Crippen LogP contribution < -0.4 is 15.4 Å². The summed E-state index contributed by atoms with van der Waals surface area (Å²) in [5.41, 5.74) is 1.73. The van der Waals surface area contributed by atoms with Crippen molar-refractivity contribution in [2.45, 2.75) is 11.8 Å². The Hall–Kier alpha value is -3.24. The van der Waals surface area contributed by atoms with Crippen LogP contribution in [0.5, 0.6) is 0 Å². The maximum atomic E-state index is 12.1. The fourth-order valence-electron chi connectivity index (χ4n) is 2.28. The fourth-order valence-corrected chi connectivity index (χ4v) is 3.25. The number of esters is 1. The average Bonchev–Trinajstić information content (AvgIpc) is 2.70. The summed E-state index contributed by atoms with van der Waals surface area (Å²) in [6, 6.07) is 12.3. The molecule has 29 heavy (non-hydrogen) atoms. The summed E-state index contributed by atoms with van der Waals surface area (Å²) in [5.74, 6) is -1.56. The first kappa shape index (κ1) is 22.1. The molecular formula is C19H21N3O6S. The van der Waals surface area contributed by atoms with Gasteiger partial charge in [-0.15, -0.1) is 0 Å². The standard InChI is InChI=1S/C19H21N3O6S/c1-13-4-3-5-14(10-13)19(25)20-11-17(23)22-15-6-8-16(9-7-15)29(26,27)21-12-18(24)28-2/h3-10,21H,11-12H2,1-2H3,(H,20,25)(H,22,23). The molecule has 3 N–H and O–H groups in total. The second kappa shape index (κ2) is 9.80. The van der Waals surface area contributed by atoms with Crippen LogP contribution in [-0.2, 0) is 24.3 Å². The maximum absolute atomic E-state index is 12.1.